The van der Waals surface area contributed by atoms with Crippen LogP contribution < -0.4 is 0 Å². The van der Waals surface area contributed by atoms with E-state index >= 15 is 0 Å². The Balaban J connectivity index is 2.07. The second-order valence-corrected chi connectivity index (χ2v) is 3.86. The van der Waals surface area contributed by atoms with Crippen molar-refractivity contribution in [1.82, 2.24) is 0 Å². The lowest BCUT2D eigenvalue weighted by Gasteiger charge is -2.56. The van der Waals surface area contributed by atoms with Gasteiger partial charge >= 0.3 is 0 Å². The Bertz CT molecular complexity index is 221. The zero-order valence-electron chi connectivity index (χ0n) is 7.43. The van der Waals surface area contributed by atoms with E-state index in [1.165, 1.54) is 0 Å². The second kappa shape index (κ2) is 2.65. The summed E-state index contributed by atoms with van der Waals surface area (Å²) in [5.74, 6) is -1.54. The number of fused-ring (bicyclic) bond motifs is 1. The molecule has 5 heteroatoms. The van der Waals surface area contributed by atoms with Gasteiger partial charge in [-0.15, -0.1) is 0 Å². The highest BCUT2D eigenvalue weighted by molar-refractivity contribution is 5.06. The van der Waals surface area contributed by atoms with Crippen molar-refractivity contribution in [2.24, 2.45) is 0 Å². The fourth-order valence-corrected chi connectivity index (χ4v) is 1.82. The Kier molecular flexibility index (Phi) is 1.91. The lowest BCUT2D eigenvalue weighted by Crippen LogP contribution is -2.72. The van der Waals surface area contributed by atoms with E-state index in [1.54, 1.807) is 6.92 Å². The third kappa shape index (κ3) is 1.19. The molecule has 2 aliphatic heterocycles. The zero-order valence-corrected chi connectivity index (χ0v) is 7.43. The smallest absolute Gasteiger partial charge is 0.191 e. The molecule has 0 aromatic carbocycles. The molecule has 76 valence electrons. The van der Waals surface area contributed by atoms with Gasteiger partial charge in [0.1, 0.15) is 5.60 Å². The van der Waals surface area contributed by atoms with Crippen LogP contribution in [0.3, 0.4) is 0 Å². The van der Waals surface area contributed by atoms with E-state index in [2.05, 4.69) is 0 Å². The fraction of sp³-hybridized carbons (Fsp3) is 1.00. The fourth-order valence-electron chi connectivity index (χ4n) is 1.82. The van der Waals surface area contributed by atoms with Crippen LogP contribution in [-0.2, 0) is 9.47 Å². The topological polar surface area (TPSA) is 79.2 Å². The van der Waals surface area contributed by atoms with Gasteiger partial charge in [-0.2, -0.15) is 0 Å². The first-order valence-corrected chi connectivity index (χ1v) is 4.35. The van der Waals surface area contributed by atoms with Crippen LogP contribution in [0, 0.1) is 0 Å². The number of rotatable bonds is 1. The van der Waals surface area contributed by atoms with Crippen LogP contribution >= 0.6 is 0 Å². The van der Waals surface area contributed by atoms with Crippen molar-refractivity contribution in [1.29, 1.82) is 0 Å². The summed E-state index contributed by atoms with van der Waals surface area (Å²) in [6.07, 6.45) is -0.571. The number of hydrogen-bond donors (Lipinski definition) is 3. The standard InChI is InChI=1S/C8H14O5/c1-5-8(11)4-12-7(10,3-9)2-6(8)13-5/h5-6,9-11H,2-4H2,1H3. The Morgan fingerprint density at radius 2 is 2.15 bits per heavy atom. The van der Waals surface area contributed by atoms with E-state index in [0.717, 1.165) is 0 Å². The van der Waals surface area contributed by atoms with E-state index in [0.29, 0.717) is 0 Å². The highest BCUT2D eigenvalue weighted by atomic mass is 16.7. The molecule has 0 aromatic heterocycles. The van der Waals surface area contributed by atoms with E-state index in [-0.39, 0.29) is 19.1 Å². The van der Waals surface area contributed by atoms with E-state index < -0.39 is 24.1 Å². The average Bonchev–Trinajstić information content (AvgIpc) is 2.12. The Morgan fingerprint density at radius 1 is 1.46 bits per heavy atom. The summed E-state index contributed by atoms with van der Waals surface area (Å²) >= 11 is 0. The first kappa shape index (κ1) is 9.36. The monoisotopic (exact) mass is 190 g/mol. The Hall–Kier alpha value is -0.200. The Labute approximate surface area is 75.9 Å². The molecule has 0 spiro atoms. The molecule has 0 radical (unpaired) electrons. The molecule has 0 aromatic rings. The lowest BCUT2D eigenvalue weighted by molar-refractivity contribution is -0.385. The van der Waals surface area contributed by atoms with Crippen molar-refractivity contribution >= 4 is 0 Å². The number of hydrogen-bond acceptors (Lipinski definition) is 5. The van der Waals surface area contributed by atoms with Crippen LogP contribution in [0.2, 0.25) is 0 Å². The second-order valence-electron chi connectivity index (χ2n) is 3.86. The molecular formula is C8H14O5. The SMILES string of the molecule is CC1OC2CC(O)(CO)OCC12O. The maximum Gasteiger partial charge on any atom is 0.191 e. The lowest BCUT2D eigenvalue weighted by atomic mass is 9.79. The summed E-state index contributed by atoms with van der Waals surface area (Å²) in [7, 11) is 0. The maximum atomic E-state index is 9.88. The average molecular weight is 190 g/mol. The van der Waals surface area contributed by atoms with Gasteiger partial charge in [-0.05, 0) is 6.92 Å². The Morgan fingerprint density at radius 3 is 2.62 bits per heavy atom. The summed E-state index contributed by atoms with van der Waals surface area (Å²) in [5.41, 5.74) is -0.985. The molecule has 0 aliphatic carbocycles. The molecule has 5 nitrogen and oxygen atoms in total. The van der Waals surface area contributed by atoms with Gasteiger partial charge in [0.15, 0.2) is 5.79 Å². The molecule has 0 bridgehead atoms. The molecule has 2 rings (SSSR count). The molecular weight excluding hydrogens is 176 g/mol. The van der Waals surface area contributed by atoms with Crippen LogP contribution in [0.5, 0.6) is 0 Å². The van der Waals surface area contributed by atoms with Gasteiger partial charge in [0.25, 0.3) is 0 Å². The number of ether oxygens (including phenoxy) is 2. The van der Waals surface area contributed by atoms with E-state index in [1.807, 2.05) is 0 Å². The molecule has 4 atom stereocenters. The molecule has 2 heterocycles. The minimum absolute atomic E-state index is 0.00981. The minimum atomic E-state index is -1.54. The first-order chi connectivity index (χ1) is 6.00. The normalized spacial score (nSPS) is 55.4. The van der Waals surface area contributed by atoms with Crippen LogP contribution in [0.4, 0.5) is 0 Å². The number of aliphatic hydroxyl groups excluding tert-OH is 1. The highest BCUT2D eigenvalue weighted by Crippen LogP contribution is 2.42. The van der Waals surface area contributed by atoms with Crippen molar-refractivity contribution in [3.8, 4) is 0 Å². The summed E-state index contributed by atoms with van der Waals surface area (Å²) in [5, 5.41) is 28.2. The van der Waals surface area contributed by atoms with Crippen LogP contribution in [0.1, 0.15) is 13.3 Å². The van der Waals surface area contributed by atoms with Gasteiger partial charge in [0.2, 0.25) is 0 Å². The van der Waals surface area contributed by atoms with Crippen LogP contribution in [0.25, 0.3) is 0 Å². The predicted molar refractivity (Wildman–Crippen MR) is 41.9 cm³/mol. The summed E-state index contributed by atoms with van der Waals surface area (Å²) in [6.45, 7) is 1.29. The zero-order chi connectivity index (χ0) is 9.69. The van der Waals surface area contributed by atoms with Crippen LogP contribution in [0.15, 0.2) is 0 Å². The molecule has 0 amide bonds. The number of aliphatic hydroxyl groups is 3. The van der Waals surface area contributed by atoms with Crippen molar-refractivity contribution in [3.05, 3.63) is 0 Å². The first-order valence-electron chi connectivity index (χ1n) is 4.35. The summed E-state index contributed by atoms with van der Waals surface area (Å²) in [4.78, 5) is 0. The predicted octanol–water partition coefficient (Wildman–Crippen LogP) is -1.39. The highest BCUT2D eigenvalue weighted by Gasteiger charge is 2.60. The van der Waals surface area contributed by atoms with Crippen molar-refractivity contribution in [2.45, 2.75) is 36.9 Å². The van der Waals surface area contributed by atoms with Gasteiger partial charge < -0.3 is 24.8 Å². The van der Waals surface area contributed by atoms with Crippen LogP contribution in [-0.4, -0.2) is 52.1 Å². The molecule has 2 fully saturated rings. The quantitative estimate of drug-likeness (QED) is 0.474. The molecule has 4 unspecified atom stereocenters. The van der Waals surface area contributed by atoms with E-state index in [4.69, 9.17) is 14.6 Å². The largest absolute Gasteiger partial charge is 0.391 e. The maximum absolute atomic E-state index is 9.88. The summed E-state index contributed by atoms with van der Waals surface area (Å²) < 4.78 is 10.2. The molecule has 0 saturated carbocycles. The van der Waals surface area contributed by atoms with Crippen molar-refractivity contribution in [2.75, 3.05) is 13.2 Å². The minimum Gasteiger partial charge on any atom is -0.391 e. The van der Waals surface area contributed by atoms with Crippen molar-refractivity contribution < 1.29 is 24.8 Å². The molecule has 13 heavy (non-hydrogen) atoms. The molecule has 2 saturated heterocycles. The van der Waals surface area contributed by atoms with Gasteiger partial charge in [-0.3, -0.25) is 0 Å². The summed E-state index contributed by atoms with van der Waals surface area (Å²) in [6, 6.07) is 0. The third-order valence-electron chi connectivity index (χ3n) is 2.95. The third-order valence-corrected chi connectivity index (χ3v) is 2.95. The molecule has 3 N–H and O–H groups in total. The van der Waals surface area contributed by atoms with Gasteiger partial charge in [-0.25, -0.2) is 0 Å². The van der Waals surface area contributed by atoms with E-state index in [9.17, 15) is 10.2 Å². The molecule has 2 aliphatic rings. The van der Waals surface area contributed by atoms with Crippen molar-refractivity contribution in [3.63, 3.8) is 0 Å². The van der Waals surface area contributed by atoms with Gasteiger partial charge in [-0.1, -0.05) is 0 Å². The van der Waals surface area contributed by atoms with Gasteiger partial charge in [0, 0.05) is 6.42 Å². The van der Waals surface area contributed by atoms with Gasteiger partial charge in [0.05, 0.1) is 25.4 Å².